The topological polar surface area (TPSA) is 38.7 Å². The van der Waals surface area contributed by atoms with Crippen LogP contribution in [0, 0.1) is 0 Å². The number of methoxy groups -OCH3 is 1. The SMILES string of the molecule is COCCOCC(O)Cc1cccc(Cl)c1Cl. The molecule has 0 saturated heterocycles. The van der Waals surface area contributed by atoms with Crippen molar-refractivity contribution in [1.82, 2.24) is 0 Å². The molecule has 1 atom stereocenters. The average Bonchev–Trinajstić information content (AvgIpc) is 2.31. The highest BCUT2D eigenvalue weighted by Gasteiger charge is 2.10. The molecule has 0 heterocycles. The fraction of sp³-hybridized carbons (Fsp3) is 0.500. The Morgan fingerprint density at radius 3 is 2.76 bits per heavy atom. The second-order valence-electron chi connectivity index (χ2n) is 3.64. The number of hydrogen-bond acceptors (Lipinski definition) is 3. The Morgan fingerprint density at radius 2 is 2.06 bits per heavy atom. The molecule has 0 amide bonds. The molecule has 0 aliphatic rings. The number of aliphatic hydroxyl groups is 1. The van der Waals surface area contributed by atoms with E-state index in [-0.39, 0.29) is 6.61 Å². The van der Waals surface area contributed by atoms with Crippen molar-refractivity contribution in [2.24, 2.45) is 0 Å². The van der Waals surface area contributed by atoms with Crippen molar-refractivity contribution < 1.29 is 14.6 Å². The largest absolute Gasteiger partial charge is 0.390 e. The Balaban J connectivity index is 2.39. The third kappa shape index (κ3) is 5.23. The van der Waals surface area contributed by atoms with Gasteiger partial charge in [0.05, 0.1) is 36.0 Å². The summed E-state index contributed by atoms with van der Waals surface area (Å²) >= 11 is 11.9. The Morgan fingerprint density at radius 1 is 1.29 bits per heavy atom. The zero-order valence-corrected chi connectivity index (χ0v) is 11.2. The van der Waals surface area contributed by atoms with Crippen molar-refractivity contribution in [1.29, 1.82) is 0 Å². The standard InChI is InChI=1S/C12H16Cl2O3/c1-16-5-6-17-8-10(15)7-9-3-2-4-11(13)12(9)14/h2-4,10,15H,5-8H2,1H3. The van der Waals surface area contributed by atoms with Gasteiger partial charge in [0.15, 0.2) is 0 Å². The van der Waals surface area contributed by atoms with E-state index < -0.39 is 6.10 Å². The van der Waals surface area contributed by atoms with E-state index in [9.17, 15) is 5.11 Å². The van der Waals surface area contributed by atoms with Crippen LogP contribution in [0.1, 0.15) is 5.56 Å². The molecular weight excluding hydrogens is 263 g/mol. The van der Waals surface area contributed by atoms with Gasteiger partial charge in [-0.1, -0.05) is 35.3 Å². The molecule has 1 aromatic rings. The van der Waals surface area contributed by atoms with Crippen LogP contribution in [0.25, 0.3) is 0 Å². The first kappa shape index (κ1) is 14.7. The van der Waals surface area contributed by atoms with Crippen LogP contribution in [0.2, 0.25) is 10.0 Å². The van der Waals surface area contributed by atoms with Gasteiger partial charge in [-0.15, -0.1) is 0 Å². The highest BCUT2D eigenvalue weighted by molar-refractivity contribution is 6.42. The fourth-order valence-electron chi connectivity index (χ4n) is 1.38. The lowest BCUT2D eigenvalue weighted by Crippen LogP contribution is -2.19. The maximum absolute atomic E-state index is 9.75. The molecule has 0 saturated carbocycles. The Bertz CT molecular complexity index is 345. The predicted molar refractivity (Wildman–Crippen MR) is 68.9 cm³/mol. The molecule has 0 spiro atoms. The first-order chi connectivity index (χ1) is 8.15. The summed E-state index contributed by atoms with van der Waals surface area (Å²) in [6, 6.07) is 5.36. The molecule has 0 radical (unpaired) electrons. The summed E-state index contributed by atoms with van der Waals surface area (Å²) in [6.45, 7) is 1.24. The van der Waals surface area contributed by atoms with Crippen molar-refractivity contribution in [3.63, 3.8) is 0 Å². The number of halogens is 2. The molecule has 0 fully saturated rings. The Hall–Kier alpha value is -0.320. The number of ether oxygens (including phenoxy) is 2. The van der Waals surface area contributed by atoms with Crippen molar-refractivity contribution in [2.75, 3.05) is 26.9 Å². The average molecular weight is 279 g/mol. The lowest BCUT2D eigenvalue weighted by molar-refractivity contribution is 0.0137. The minimum atomic E-state index is -0.595. The minimum absolute atomic E-state index is 0.256. The van der Waals surface area contributed by atoms with E-state index in [2.05, 4.69) is 0 Å². The smallest absolute Gasteiger partial charge is 0.0814 e. The quantitative estimate of drug-likeness (QED) is 0.780. The molecule has 0 bridgehead atoms. The molecule has 1 rings (SSSR count). The first-order valence-electron chi connectivity index (χ1n) is 5.32. The summed E-state index contributed by atoms with van der Waals surface area (Å²) in [4.78, 5) is 0. The summed E-state index contributed by atoms with van der Waals surface area (Å²) in [6.07, 6.45) is -0.172. The molecule has 5 heteroatoms. The zero-order valence-electron chi connectivity index (χ0n) is 9.66. The first-order valence-corrected chi connectivity index (χ1v) is 6.08. The van der Waals surface area contributed by atoms with Crippen molar-refractivity contribution in [3.8, 4) is 0 Å². The minimum Gasteiger partial charge on any atom is -0.390 e. The Labute approximate surface area is 111 Å². The van der Waals surface area contributed by atoms with Gasteiger partial charge in [0.1, 0.15) is 0 Å². The third-order valence-electron chi connectivity index (χ3n) is 2.23. The van der Waals surface area contributed by atoms with Gasteiger partial charge in [0.25, 0.3) is 0 Å². The predicted octanol–water partition coefficient (Wildman–Crippen LogP) is 2.56. The van der Waals surface area contributed by atoms with Gasteiger partial charge in [-0.05, 0) is 11.6 Å². The van der Waals surface area contributed by atoms with Gasteiger partial charge >= 0.3 is 0 Å². The molecule has 1 N–H and O–H groups in total. The fourth-order valence-corrected chi connectivity index (χ4v) is 1.78. The zero-order chi connectivity index (χ0) is 12.7. The summed E-state index contributed by atoms with van der Waals surface area (Å²) in [5.74, 6) is 0. The van der Waals surface area contributed by atoms with Crippen LogP contribution in [0.3, 0.4) is 0 Å². The summed E-state index contributed by atoms with van der Waals surface area (Å²) in [5, 5.41) is 10.7. The van der Waals surface area contributed by atoms with Gasteiger partial charge in [0.2, 0.25) is 0 Å². The molecule has 1 unspecified atom stereocenters. The number of benzene rings is 1. The molecule has 17 heavy (non-hydrogen) atoms. The van der Waals surface area contributed by atoms with Crippen LogP contribution >= 0.6 is 23.2 Å². The van der Waals surface area contributed by atoms with E-state index in [1.54, 1.807) is 13.2 Å². The van der Waals surface area contributed by atoms with Crippen molar-refractivity contribution in [2.45, 2.75) is 12.5 Å². The number of aliphatic hydroxyl groups excluding tert-OH is 1. The molecular formula is C12H16Cl2O3. The summed E-state index contributed by atoms with van der Waals surface area (Å²) in [5.41, 5.74) is 0.821. The van der Waals surface area contributed by atoms with E-state index in [4.69, 9.17) is 32.7 Å². The number of rotatable bonds is 7. The van der Waals surface area contributed by atoms with Crippen molar-refractivity contribution in [3.05, 3.63) is 33.8 Å². The normalized spacial score (nSPS) is 12.7. The van der Waals surface area contributed by atoms with Crippen molar-refractivity contribution >= 4 is 23.2 Å². The van der Waals surface area contributed by atoms with E-state index >= 15 is 0 Å². The van der Waals surface area contributed by atoms with Crippen LogP contribution in [0.5, 0.6) is 0 Å². The molecule has 1 aromatic carbocycles. The third-order valence-corrected chi connectivity index (χ3v) is 3.09. The lowest BCUT2D eigenvalue weighted by atomic mass is 10.1. The summed E-state index contributed by atoms with van der Waals surface area (Å²) in [7, 11) is 1.60. The maximum atomic E-state index is 9.75. The lowest BCUT2D eigenvalue weighted by Gasteiger charge is -2.12. The molecule has 3 nitrogen and oxygen atoms in total. The van der Waals surface area contributed by atoms with E-state index in [0.29, 0.717) is 29.7 Å². The highest BCUT2D eigenvalue weighted by Crippen LogP contribution is 2.26. The molecule has 0 aliphatic heterocycles. The van der Waals surface area contributed by atoms with Gasteiger partial charge < -0.3 is 14.6 Å². The Kier molecular flexibility index (Phi) is 6.85. The number of hydrogen-bond donors (Lipinski definition) is 1. The monoisotopic (exact) mass is 278 g/mol. The summed E-state index contributed by atoms with van der Waals surface area (Å²) < 4.78 is 10.1. The van der Waals surface area contributed by atoms with E-state index in [0.717, 1.165) is 5.56 Å². The highest BCUT2D eigenvalue weighted by atomic mass is 35.5. The van der Waals surface area contributed by atoms with Gasteiger partial charge in [-0.2, -0.15) is 0 Å². The van der Waals surface area contributed by atoms with Crippen LogP contribution < -0.4 is 0 Å². The molecule has 96 valence electrons. The van der Waals surface area contributed by atoms with E-state index in [1.807, 2.05) is 12.1 Å². The van der Waals surface area contributed by atoms with Gasteiger partial charge in [0, 0.05) is 13.5 Å². The van der Waals surface area contributed by atoms with E-state index in [1.165, 1.54) is 0 Å². The van der Waals surface area contributed by atoms with Crippen LogP contribution in [0.15, 0.2) is 18.2 Å². The van der Waals surface area contributed by atoms with Gasteiger partial charge in [-0.25, -0.2) is 0 Å². The van der Waals surface area contributed by atoms with Gasteiger partial charge in [-0.3, -0.25) is 0 Å². The second kappa shape index (κ2) is 7.90. The molecule has 0 aromatic heterocycles. The maximum Gasteiger partial charge on any atom is 0.0814 e. The van der Waals surface area contributed by atoms with Crippen LogP contribution in [-0.2, 0) is 15.9 Å². The van der Waals surface area contributed by atoms with Crippen LogP contribution in [-0.4, -0.2) is 38.1 Å². The van der Waals surface area contributed by atoms with Crippen LogP contribution in [0.4, 0.5) is 0 Å². The second-order valence-corrected chi connectivity index (χ2v) is 4.42. The molecule has 0 aliphatic carbocycles.